The van der Waals surface area contributed by atoms with E-state index in [-0.39, 0.29) is 24.2 Å². The Morgan fingerprint density at radius 3 is 2.95 bits per heavy atom. The van der Waals surface area contributed by atoms with Crippen LogP contribution >= 0.6 is 11.3 Å². The number of anilines is 1. The second-order valence-electron chi connectivity index (χ2n) is 5.56. The van der Waals surface area contributed by atoms with Gasteiger partial charge in [-0.3, -0.25) is 9.59 Å². The van der Waals surface area contributed by atoms with E-state index in [2.05, 4.69) is 27.0 Å². The van der Waals surface area contributed by atoms with Crippen LogP contribution in [0.5, 0.6) is 0 Å². The topological polar surface area (TPSA) is 83.1 Å². The molecule has 120 valence electrons. The second-order valence-corrected chi connectivity index (χ2v) is 6.42. The first kappa shape index (κ1) is 16.6. The van der Waals surface area contributed by atoms with E-state index >= 15 is 0 Å². The molecule has 0 saturated carbocycles. The first-order chi connectivity index (χ1) is 10.5. The van der Waals surface area contributed by atoms with E-state index < -0.39 is 0 Å². The molecule has 22 heavy (non-hydrogen) atoms. The predicted octanol–water partition coefficient (Wildman–Crippen LogP) is 1.32. The van der Waals surface area contributed by atoms with Crippen molar-refractivity contribution in [2.75, 3.05) is 25.0 Å². The molecule has 0 radical (unpaired) electrons. The van der Waals surface area contributed by atoms with E-state index in [4.69, 9.17) is 0 Å². The number of rotatable bonds is 6. The minimum absolute atomic E-state index is 0.0496. The highest BCUT2D eigenvalue weighted by molar-refractivity contribution is 7.13. The number of aromatic nitrogens is 1. The molecule has 1 aliphatic rings. The minimum atomic E-state index is -0.0890. The molecule has 0 spiro atoms. The van der Waals surface area contributed by atoms with Crippen molar-refractivity contribution >= 4 is 28.3 Å². The van der Waals surface area contributed by atoms with Gasteiger partial charge < -0.3 is 16.0 Å². The summed E-state index contributed by atoms with van der Waals surface area (Å²) < 4.78 is 0. The number of nitrogens with one attached hydrogen (secondary N) is 3. The van der Waals surface area contributed by atoms with Gasteiger partial charge in [0.2, 0.25) is 11.8 Å². The van der Waals surface area contributed by atoms with Crippen LogP contribution < -0.4 is 16.0 Å². The number of hydrogen-bond acceptors (Lipinski definition) is 5. The lowest BCUT2D eigenvalue weighted by Crippen LogP contribution is -2.30. The van der Waals surface area contributed by atoms with Gasteiger partial charge in [-0.2, -0.15) is 0 Å². The number of carbonyl (C=O) groups excluding carboxylic acids is 2. The van der Waals surface area contributed by atoms with Crippen molar-refractivity contribution < 1.29 is 9.59 Å². The molecule has 3 N–H and O–H groups in total. The molecule has 0 unspecified atom stereocenters. The molecule has 0 atom stereocenters. The molecule has 0 aromatic carbocycles. The van der Waals surface area contributed by atoms with Crippen molar-refractivity contribution in [3.8, 4) is 0 Å². The molecule has 6 nitrogen and oxygen atoms in total. The Balaban J connectivity index is 1.78. The summed E-state index contributed by atoms with van der Waals surface area (Å²) in [5, 5.41) is 11.2. The van der Waals surface area contributed by atoms with Crippen LogP contribution in [0.3, 0.4) is 0 Å². The van der Waals surface area contributed by atoms with Crippen LogP contribution in [0.1, 0.15) is 26.0 Å². The molecule has 1 aliphatic heterocycles. The molecule has 1 aromatic heterocycles. The maximum absolute atomic E-state index is 11.9. The first-order valence-corrected chi connectivity index (χ1v) is 8.33. The van der Waals surface area contributed by atoms with Crippen molar-refractivity contribution in [3.05, 3.63) is 22.7 Å². The molecule has 2 amide bonds. The van der Waals surface area contributed by atoms with E-state index in [1.807, 2.05) is 13.8 Å². The van der Waals surface area contributed by atoms with Crippen molar-refractivity contribution in [3.63, 3.8) is 0 Å². The van der Waals surface area contributed by atoms with E-state index in [1.165, 1.54) is 16.9 Å². The van der Waals surface area contributed by atoms with Crippen molar-refractivity contribution in [1.29, 1.82) is 0 Å². The summed E-state index contributed by atoms with van der Waals surface area (Å²) >= 11 is 1.34. The molecule has 0 fully saturated rings. The Labute approximate surface area is 134 Å². The summed E-state index contributed by atoms with van der Waals surface area (Å²) in [6.45, 7) is 6.09. The van der Waals surface area contributed by atoms with Crippen LogP contribution in [0.2, 0.25) is 0 Å². The average Bonchev–Trinajstić information content (AvgIpc) is 2.93. The van der Waals surface area contributed by atoms with Gasteiger partial charge in [-0.1, -0.05) is 25.5 Å². The summed E-state index contributed by atoms with van der Waals surface area (Å²) in [4.78, 5) is 27.8. The molecule has 1 aromatic rings. The van der Waals surface area contributed by atoms with E-state index in [0.717, 1.165) is 19.5 Å². The molecule has 2 heterocycles. The highest BCUT2D eigenvalue weighted by atomic mass is 32.1. The normalized spacial score (nSPS) is 14.6. The molecule has 0 aliphatic carbocycles. The van der Waals surface area contributed by atoms with Crippen LogP contribution in [-0.4, -0.2) is 36.4 Å². The van der Waals surface area contributed by atoms with Crippen LogP contribution in [0.25, 0.3) is 0 Å². The molecule has 0 bridgehead atoms. The Bertz CT molecular complexity index is 566. The van der Waals surface area contributed by atoms with Gasteiger partial charge in [-0.05, 0) is 13.0 Å². The Kier molecular flexibility index (Phi) is 6.09. The molecular formula is C15H22N4O2S. The molecule has 2 rings (SSSR count). The van der Waals surface area contributed by atoms with Crippen LogP contribution in [0.15, 0.2) is 17.0 Å². The highest BCUT2D eigenvalue weighted by Crippen LogP contribution is 2.16. The van der Waals surface area contributed by atoms with Gasteiger partial charge >= 0.3 is 0 Å². The van der Waals surface area contributed by atoms with Crippen LogP contribution in [0.4, 0.5) is 5.13 Å². The number of hydrogen-bond donors (Lipinski definition) is 3. The second kappa shape index (κ2) is 8.05. The Morgan fingerprint density at radius 2 is 2.27 bits per heavy atom. The Hall–Kier alpha value is -1.73. The number of nitrogens with zero attached hydrogens (tertiary/aromatic N) is 1. The maximum Gasteiger partial charge on any atom is 0.228 e. The maximum atomic E-state index is 11.9. The molecular weight excluding hydrogens is 300 g/mol. The monoisotopic (exact) mass is 322 g/mol. The quantitative estimate of drug-likeness (QED) is 0.690. The van der Waals surface area contributed by atoms with Gasteiger partial charge in [0.1, 0.15) is 0 Å². The zero-order valence-corrected chi connectivity index (χ0v) is 13.8. The van der Waals surface area contributed by atoms with Crippen LogP contribution in [0, 0.1) is 5.92 Å². The van der Waals surface area contributed by atoms with Gasteiger partial charge in [0.25, 0.3) is 0 Å². The first-order valence-electron chi connectivity index (χ1n) is 7.45. The van der Waals surface area contributed by atoms with Gasteiger partial charge in [-0.25, -0.2) is 4.98 Å². The lowest BCUT2D eigenvalue weighted by atomic mass is 10.1. The van der Waals surface area contributed by atoms with E-state index in [1.54, 1.807) is 5.38 Å². The summed E-state index contributed by atoms with van der Waals surface area (Å²) in [7, 11) is 0. The lowest BCUT2D eigenvalue weighted by Gasteiger charge is -2.14. The number of carbonyl (C=O) groups is 2. The standard InChI is InChI=1S/C15H22N4O2S/c1-10(2)14(21)19-15-18-12(9-22-15)7-13(20)17-8-11-3-5-16-6-4-11/h3,9-10,16H,4-8H2,1-2H3,(H,17,20)(H,18,19,21). The number of amides is 2. The molecule has 0 saturated heterocycles. The summed E-state index contributed by atoms with van der Waals surface area (Å²) in [5.41, 5.74) is 1.94. The average molecular weight is 322 g/mol. The smallest absolute Gasteiger partial charge is 0.228 e. The lowest BCUT2D eigenvalue weighted by molar-refractivity contribution is -0.120. The fourth-order valence-corrected chi connectivity index (χ4v) is 2.68. The van der Waals surface area contributed by atoms with Crippen molar-refractivity contribution in [1.82, 2.24) is 15.6 Å². The summed E-state index contributed by atoms with van der Waals surface area (Å²) in [6.07, 6.45) is 3.33. The minimum Gasteiger partial charge on any atom is -0.352 e. The summed E-state index contributed by atoms with van der Waals surface area (Å²) in [5.74, 6) is -0.205. The van der Waals surface area contributed by atoms with Gasteiger partial charge in [0.15, 0.2) is 5.13 Å². The fourth-order valence-electron chi connectivity index (χ4n) is 1.96. The van der Waals surface area contributed by atoms with Crippen molar-refractivity contribution in [2.45, 2.75) is 26.7 Å². The van der Waals surface area contributed by atoms with E-state index in [0.29, 0.717) is 17.4 Å². The van der Waals surface area contributed by atoms with E-state index in [9.17, 15) is 9.59 Å². The highest BCUT2D eigenvalue weighted by Gasteiger charge is 2.12. The van der Waals surface area contributed by atoms with Crippen molar-refractivity contribution in [2.24, 2.45) is 5.92 Å². The number of thiazole rings is 1. The zero-order chi connectivity index (χ0) is 15.9. The Morgan fingerprint density at radius 1 is 1.45 bits per heavy atom. The SMILES string of the molecule is CC(C)C(=O)Nc1nc(CC(=O)NCC2=CCNCC2)cs1. The van der Waals surface area contributed by atoms with Gasteiger partial charge in [0, 0.05) is 24.4 Å². The van der Waals surface area contributed by atoms with Crippen LogP contribution in [-0.2, 0) is 16.0 Å². The fraction of sp³-hybridized carbons (Fsp3) is 0.533. The van der Waals surface area contributed by atoms with Gasteiger partial charge in [-0.15, -0.1) is 11.3 Å². The third-order valence-electron chi connectivity index (χ3n) is 3.32. The summed E-state index contributed by atoms with van der Waals surface area (Å²) in [6, 6.07) is 0. The van der Waals surface area contributed by atoms with Gasteiger partial charge in [0.05, 0.1) is 12.1 Å². The third-order valence-corrected chi connectivity index (χ3v) is 4.13. The predicted molar refractivity (Wildman–Crippen MR) is 87.9 cm³/mol. The third kappa shape index (κ3) is 5.23. The largest absolute Gasteiger partial charge is 0.352 e. The zero-order valence-electron chi connectivity index (χ0n) is 12.9. The molecule has 7 heteroatoms.